The number of carbonyl (C=O) groups excluding carboxylic acids is 1. The van der Waals surface area contributed by atoms with Crippen LogP contribution >= 0.6 is 11.3 Å². The fourth-order valence-corrected chi connectivity index (χ4v) is 2.70. The molecular weight excluding hydrogens is 238 g/mol. The molecule has 0 aliphatic carbocycles. The second-order valence-electron chi connectivity index (χ2n) is 4.74. The van der Waals surface area contributed by atoms with Gasteiger partial charge >= 0.3 is 5.97 Å². The van der Waals surface area contributed by atoms with E-state index < -0.39 is 11.4 Å². The number of nitrogens with zero attached hydrogens (tertiary/aromatic N) is 1. The summed E-state index contributed by atoms with van der Waals surface area (Å²) in [4.78, 5) is 24.7. The van der Waals surface area contributed by atoms with Gasteiger partial charge in [0.1, 0.15) is 0 Å². The average molecular weight is 253 g/mol. The van der Waals surface area contributed by atoms with E-state index in [4.69, 9.17) is 5.11 Å². The molecule has 1 aromatic heterocycles. The molecule has 0 bridgehead atoms. The van der Waals surface area contributed by atoms with Gasteiger partial charge in [0.05, 0.1) is 11.8 Å². The highest BCUT2D eigenvalue weighted by molar-refractivity contribution is 7.07. The van der Waals surface area contributed by atoms with Gasteiger partial charge < -0.3 is 10.0 Å². The van der Waals surface area contributed by atoms with Crippen LogP contribution in [0, 0.1) is 5.41 Å². The number of thiophene rings is 1. The number of carbonyl (C=O) groups is 2. The van der Waals surface area contributed by atoms with Crippen molar-refractivity contribution in [3.63, 3.8) is 0 Å². The van der Waals surface area contributed by atoms with Crippen LogP contribution in [-0.2, 0) is 16.0 Å². The normalized spacial score (nSPS) is 23.9. The van der Waals surface area contributed by atoms with E-state index in [0.717, 1.165) is 5.56 Å². The lowest BCUT2D eigenvalue weighted by Crippen LogP contribution is -2.35. The largest absolute Gasteiger partial charge is 0.481 e. The molecule has 1 fully saturated rings. The van der Waals surface area contributed by atoms with E-state index in [0.29, 0.717) is 25.9 Å². The Labute approximate surface area is 104 Å². The number of amides is 1. The van der Waals surface area contributed by atoms with Crippen LogP contribution in [0.4, 0.5) is 0 Å². The molecule has 0 radical (unpaired) electrons. The van der Waals surface area contributed by atoms with Crippen LogP contribution < -0.4 is 0 Å². The van der Waals surface area contributed by atoms with Gasteiger partial charge in [0.2, 0.25) is 5.91 Å². The lowest BCUT2D eigenvalue weighted by molar-refractivity contribution is -0.147. The van der Waals surface area contributed by atoms with E-state index in [1.54, 1.807) is 23.2 Å². The number of hydrogen-bond donors (Lipinski definition) is 1. The van der Waals surface area contributed by atoms with Crippen LogP contribution in [0.1, 0.15) is 18.9 Å². The van der Waals surface area contributed by atoms with Gasteiger partial charge in [0.25, 0.3) is 0 Å². The molecule has 0 aromatic carbocycles. The molecule has 1 atom stereocenters. The lowest BCUT2D eigenvalue weighted by Gasteiger charge is -2.20. The van der Waals surface area contributed by atoms with E-state index >= 15 is 0 Å². The molecule has 0 saturated carbocycles. The number of hydrogen-bond acceptors (Lipinski definition) is 3. The molecule has 1 aromatic rings. The van der Waals surface area contributed by atoms with Crippen molar-refractivity contribution < 1.29 is 14.7 Å². The van der Waals surface area contributed by atoms with Crippen LogP contribution in [0.15, 0.2) is 16.8 Å². The van der Waals surface area contributed by atoms with Gasteiger partial charge in [-0.15, -0.1) is 0 Å². The summed E-state index contributed by atoms with van der Waals surface area (Å²) in [5.41, 5.74) is 0.230. The summed E-state index contributed by atoms with van der Waals surface area (Å²) < 4.78 is 0. The summed E-state index contributed by atoms with van der Waals surface area (Å²) >= 11 is 1.56. The first kappa shape index (κ1) is 12.1. The van der Waals surface area contributed by atoms with E-state index in [9.17, 15) is 9.59 Å². The Bertz CT molecular complexity index is 429. The molecule has 1 saturated heterocycles. The molecule has 17 heavy (non-hydrogen) atoms. The SMILES string of the molecule is C[C@@]1(C(=O)O)CCN(C(=O)Cc2ccsc2)C1. The Morgan fingerprint density at radius 3 is 2.88 bits per heavy atom. The highest BCUT2D eigenvalue weighted by atomic mass is 32.1. The quantitative estimate of drug-likeness (QED) is 0.890. The second kappa shape index (κ2) is 4.49. The highest BCUT2D eigenvalue weighted by Crippen LogP contribution is 2.30. The summed E-state index contributed by atoms with van der Waals surface area (Å²) in [5, 5.41) is 13.0. The Kier molecular flexibility index (Phi) is 3.19. The minimum absolute atomic E-state index is 0.0216. The first-order valence-corrected chi connectivity index (χ1v) is 6.48. The second-order valence-corrected chi connectivity index (χ2v) is 5.52. The van der Waals surface area contributed by atoms with Crippen LogP contribution in [0.3, 0.4) is 0 Å². The van der Waals surface area contributed by atoms with E-state index in [1.807, 2.05) is 16.8 Å². The van der Waals surface area contributed by atoms with Crippen molar-refractivity contribution in [2.45, 2.75) is 19.8 Å². The van der Waals surface area contributed by atoms with Gasteiger partial charge in [0.15, 0.2) is 0 Å². The maximum Gasteiger partial charge on any atom is 0.311 e. The van der Waals surface area contributed by atoms with E-state index in [2.05, 4.69) is 0 Å². The third-order valence-corrected chi connectivity index (χ3v) is 4.01. The number of carboxylic acid groups (broad SMARTS) is 1. The number of likely N-dealkylation sites (tertiary alicyclic amines) is 1. The Morgan fingerprint density at radius 2 is 2.35 bits per heavy atom. The van der Waals surface area contributed by atoms with Gasteiger partial charge in [-0.3, -0.25) is 9.59 Å². The zero-order valence-electron chi connectivity index (χ0n) is 9.68. The van der Waals surface area contributed by atoms with E-state index in [-0.39, 0.29) is 5.91 Å². The van der Waals surface area contributed by atoms with Gasteiger partial charge in [-0.05, 0) is 35.7 Å². The molecule has 0 spiro atoms. The van der Waals surface area contributed by atoms with Crippen LogP contribution in [0.25, 0.3) is 0 Å². The standard InChI is InChI=1S/C12H15NO3S/c1-12(11(15)16)3-4-13(8-12)10(14)6-9-2-5-17-7-9/h2,5,7H,3-4,6,8H2,1H3,(H,15,16)/t12-/m1/s1. The predicted molar refractivity (Wildman–Crippen MR) is 65.0 cm³/mol. The third-order valence-electron chi connectivity index (χ3n) is 3.28. The predicted octanol–water partition coefficient (Wildman–Crippen LogP) is 1.61. The Balaban J connectivity index is 1.97. The molecule has 1 aliphatic heterocycles. The minimum Gasteiger partial charge on any atom is -0.481 e. The molecule has 1 amide bonds. The molecule has 92 valence electrons. The lowest BCUT2D eigenvalue weighted by atomic mass is 9.90. The van der Waals surface area contributed by atoms with Crippen molar-refractivity contribution in [3.05, 3.63) is 22.4 Å². The monoisotopic (exact) mass is 253 g/mol. The summed E-state index contributed by atoms with van der Waals surface area (Å²) in [7, 11) is 0. The fraction of sp³-hybridized carbons (Fsp3) is 0.500. The summed E-state index contributed by atoms with van der Waals surface area (Å²) in [5.74, 6) is -0.795. The molecular formula is C12H15NO3S. The van der Waals surface area contributed by atoms with Gasteiger partial charge in [0, 0.05) is 13.1 Å². The topological polar surface area (TPSA) is 57.6 Å². The first-order valence-electron chi connectivity index (χ1n) is 5.53. The first-order chi connectivity index (χ1) is 8.01. The summed E-state index contributed by atoms with van der Waals surface area (Å²) in [6.07, 6.45) is 0.914. The fourth-order valence-electron chi connectivity index (χ4n) is 2.03. The van der Waals surface area contributed by atoms with Crippen molar-refractivity contribution >= 4 is 23.2 Å². The van der Waals surface area contributed by atoms with Gasteiger partial charge in [-0.1, -0.05) is 0 Å². The molecule has 4 nitrogen and oxygen atoms in total. The van der Waals surface area contributed by atoms with Crippen molar-refractivity contribution in [2.75, 3.05) is 13.1 Å². The van der Waals surface area contributed by atoms with Crippen molar-refractivity contribution in [3.8, 4) is 0 Å². The van der Waals surface area contributed by atoms with Crippen molar-refractivity contribution in [1.29, 1.82) is 0 Å². The zero-order valence-corrected chi connectivity index (χ0v) is 10.5. The summed E-state index contributed by atoms with van der Waals surface area (Å²) in [6, 6.07) is 1.93. The van der Waals surface area contributed by atoms with Gasteiger partial charge in [-0.2, -0.15) is 11.3 Å². The zero-order chi connectivity index (χ0) is 12.5. The maximum atomic E-state index is 12.0. The number of carboxylic acids is 1. The number of rotatable bonds is 3. The third kappa shape index (κ3) is 2.49. The van der Waals surface area contributed by atoms with Crippen molar-refractivity contribution in [2.24, 2.45) is 5.41 Å². The molecule has 1 N–H and O–H groups in total. The summed E-state index contributed by atoms with van der Waals surface area (Å²) in [6.45, 7) is 2.57. The Hall–Kier alpha value is -1.36. The minimum atomic E-state index is -0.816. The highest BCUT2D eigenvalue weighted by Gasteiger charge is 2.41. The van der Waals surface area contributed by atoms with Crippen LogP contribution in [-0.4, -0.2) is 35.0 Å². The maximum absolute atomic E-state index is 12.0. The molecule has 1 aliphatic rings. The van der Waals surface area contributed by atoms with Gasteiger partial charge in [-0.25, -0.2) is 0 Å². The molecule has 2 rings (SSSR count). The van der Waals surface area contributed by atoms with Crippen molar-refractivity contribution in [1.82, 2.24) is 4.90 Å². The molecule has 2 heterocycles. The smallest absolute Gasteiger partial charge is 0.311 e. The Morgan fingerprint density at radius 1 is 1.59 bits per heavy atom. The molecule has 5 heteroatoms. The molecule has 0 unspecified atom stereocenters. The average Bonchev–Trinajstić information content (AvgIpc) is 2.88. The van der Waals surface area contributed by atoms with Crippen LogP contribution in [0.2, 0.25) is 0 Å². The van der Waals surface area contributed by atoms with Crippen LogP contribution in [0.5, 0.6) is 0 Å². The number of aliphatic carboxylic acids is 1. The van der Waals surface area contributed by atoms with E-state index in [1.165, 1.54) is 0 Å².